The highest BCUT2D eigenvalue weighted by Crippen LogP contribution is 2.25. The fourth-order valence-corrected chi connectivity index (χ4v) is 4.10. The number of carbonyl (C=O) groups excluding carboxylic acids is 1. The summed E-state index contributed by atoms with van der Waals surface area (Å²) < 4.78 is 13.8. The maximum absolute atomic E-state index is 13.8. The molecule has 6 heteroatoms. The van der Waals surface area contributed by atoms with E-state index < -0.39 is 0 Å². The number of thiophene rings is 1. The van der Waals surface area contributed by atoms with E-state index in [-0.39, 0.29) is 17.8 Å². The van der Waals surface area contributed by atoms with E-state index >= 15 is 0 Å². The number of nitrogens with one attached hydrogen (secondary N) is 1. The van der Waals surface area contributed by atoms with Crippen LogP contribution in [0.5, 0.6) is 0 Å². The molecule has 3 rings (SSSR count). The van der Waals surface area contributed by atoms with Gasteiger partial charge in [0.05, 0.1) is 6.04 Å². The fourth-order valence-electron chi connectivity index (χ4n) is 3.24. The van der Waals surface area contributed by atoms with Crippen molar-refractivity contribution in [1.29, 1.82) is 0 Å². The molecule has 0 bridgehead atoms. The van der Waals surface area contributed by atoms with Crippen LogP contribution in [0.1, 0.15) is 23.4 Å². The minimum absolute atomic E-state index is 0.158. The minimum Gasteiger partial charge on any atom is -0.350 e. The van der Waals surface area contributed by atoms with Crippen molar-refractivity contribution in [2.24, 2.45) is 0 Å². The number of carbonyl (C=O) groups is 1. The minimum atomic E-state index is -0.321. The summed E-state index contributed by atoms with van der Waals surface area (Å²) in [5.74, 6) is -0.479. The smallest absolute Gasteiger partial charge is 0.247 e. The van der Waals surface area contributed by atoms with E-state index in [1.807, 2.05) is 6.07 Å². The number of rotatable bonds is 6. The van der Waals surface area contributed by atoms with Crippen molar-refractivity contribution in [2.45, 2.75) is 13.0 Å². The summed E-state index contributed by atoms with van der Waals surface area (Å²) in [6.45, 7) is 6.30. The van der Waals surface area contributed by atoms with Gasteiger partial charge in [-0.1, -0.05) is 24.3 Å². The Balaban J connectivity index is 1.66. The molecule has 1 aliphatic heterocycles. The first-order valence-electron chi connectivity index (χ1n) is 9.21. The fraction of sp³-hybridized carbons (Fsp3) is 0.381. The molecule has 1 aliphatic rings. The van der Waals surface area contributed by atoms with Crippen molar-refractivity contribution in [3.8, 4) is 0 Å². The highest BCUT2D eigenvalue weighted by atomic mass is 32.1. The second-order valence-corrected chi connectivity index (χ2v) is 7.91. The van der Waals surface area contributed by atoms with Crippen LogP contribution in [-0.4, -0.2) is 55.5 Å². The Bertz CT molecular complexity index is 782. The van der Waals surface area contributed by atoms with Crippen LogP contribution in [0.15, 0.2) is 47.4 Å². The lowest BCUT2D eigenvalue weighted by molar-refractivity contribution is -0.117. The quantitative estimate of drug-likeness (QED) is 0.772. The lowest BCUT2D eigenvalue weighted by Gasteiger charge is -2.37. The monoisotopic (exact) mass is 387 g/mol. The van der Waals surface area contributed by atoms with Crippen LogP contribution >= 0.6 is 11.3 Å². The van der Waals surface area contributed by atoms with Gasteiger partial charge in [0.15, 0.2) is 0 Å². The van der Waals surface area contributed by atoms with Gasteiger partial charge in [-0.2, -0.15) is 0 Å². The molecule has 1 unspecified atom stereocenters. The summed E-state index contributed by atoms with van der Waals surface area (Å²) in [5.41, 5.74) is 0.933. The standard InChI is InChI=1S/C21H26FN3OS/c1-16(14-17-6-3-4-7-18(17)22)21(26)23-15-19(20-8-5-13-27-20)25-11-9-24(2)10-12-25/h3-8,13-14,19H,9-12,15H2,1-2H3,(H,23,26)/b16-14+. The number of hydrogen-bond acceptors (Lipinski definition) is 4. The molecule has 1 atom stereocenters. The summed E-state index contributed by atoms with van der Waals surface area (Å²) in [4.78, 5) is 18.6. The number of halogens is 1. The Hall–Kier alpha value is -2.02. The number of piperazine rings is 1. The predicted molar refractivity (Wildman–Crippen MR) is 109 cm³/mol. The molecule has 1 saturated heterocycles. The molecule has 0 saturated carbocycles. The lowest BCUT2D eigenvalue weighted by Crippen LogP contribution is -2.48. The number of nitrogens with zero attached hydrogens (tertiary/aromatic N) is 2. The molecule has 27 heavy (non-hydrogen) atoms. The first-order chi connectivity index (χ1) is 13.0. The molecule has 1 fully saturated rings. The summed E-state index contributed by atoms with van der Waals surface area (Å²) >= 11 is 1.72. The third kappa shape index (κ3) is 5.25. The van der Waals surface area contributed by atoms with E-state index in [4.69, 9.17) is 0 Å². The maximum atomic E-state index is 13.8. The van der Waals surface area contributed by atoms with Gasteiger partial charge < -0.3 is 10.2 Å². The number of likely N-dealkylation sites (N-methyl/N-ethyl adjacent to an activating group) is 1. The van der Waals surface area contributed by atoms with Gasteiger partial charge in [0.25, 0.3) is 0 Å². The second kappa shape index (κ2) is 9.26. The zero-order chi connectivity index (χ0) is 19.2. The van der Waals surface area contributed by atoms with Crippen LogP contribution in [0.25, 0.3) is 6.08 Å². The van der Waals surface area contributed by atoms with E-state index in [9.17, 15) is 9.18 Å². The first kappa shape index (κ1) is 19.7. The third-order valence-electron chi connectivity index (χ3n) is 4.94. The van der Waals surface area contributed by atoms with Crippen molar-refractivity contribution in [2.75, 3.05) is 39.8 Å². The lowest BCUT2D eigenvalue weighted by atomic mass is 10.1. The molecular weight excluding hydrogens is 361 g/mol. The maximum Gasteiger partial charge on any atom is 0.247 e. The van der Waals surface area contributed by atoms with Gasteiger partial charge in [-0.3, -0.25) is 9.69 Å². The highest BCUT2D eigenvalue weighted by Gasteiger charge is 2.25. The van der Waals surface area contributed by atoms with E-state index in [1.54, 1.807) is 42.5 Å². The summed E-state index contributed by atoms with van der Waals surface area (Å²) in [7, 11) is 2.14. The normalized spacial score (nSPS) is 17.7. The SMILES string of the molecule is C/C(=C\c1ccccc1F)C(=O)NCC(c1cccs1)N1CCN(C)CC1. The molecule has 1 amide bonds. The van der Waals surface area contributed by atoms with Gasteiger partial charge in [-0.25, -0.2) is 4.39 Å². The van der Waals surface area contributed by atoms with E-state index in [2.05, 4.69) is 33.6 Å². The van der Waals surface area contributed by atoms with Crippen LogP contribution in [0.2, 0.25) is 0 Å². The van der Waals surface area contributed by atoms with E-state index in [1.165, 1.54) is 10.9 Å². The van der Waals surface area contributed by atoms with Gasteiger partial charge >= 0.3 is 0 Å². The summed E-state index contributed by atoms with van der Waals surface area (Å²) in [5, 5.41) is 5.11. The molecule has 1 N–H and O–H groups in total. The molecule has 0 aliphatic carbocycles. The first-order valence-corrected chi connectivity index (χ1v) is 10.1. The Morgan fingerprint density at radius 1 is 1.22 bits per heavy atom. The van der Waals surface area contributed by atoms with Gasteiger partial charge in [-0.05, 0) is 37.6 Å². The van der Waals surface area contributed by atoms with Crippen LogP contribution < -0.4 is 5.32 Å². The van der Waals surface area contributed by atoms with E-state index in [0.29, 0.717) is 17.7 Å². The topological polar surface area (TPSA) is 35.6 Å². The zero-order valence-corrected chi connectivity index (χ0v) is 16.6. The molecular formula is C21H26FN3OS. The number of amides is 1. The number of hydrogen-bond donors (Lipinski definition) is 1. The van der Waals surface area contributed by atoms with Gasteiger partial charge in [0.2, 0.25) is 5.91 Å². The van der Waals surface area contributed by atoms with Gasteiger partial charge in [0, 0.05) is 48.7 Å². The Labute approximate surface area is 164 Å². The molecule has 2 heterocycles. The van der Waals surface area contributed by atoms with Crippen molar-refractivity contribution < 1.29 is 9.18 Å². The van der Waals surface area contributed by atoms with E-state index in [0.717, 1.165) is 26.2 Å². The largest absolute Gasteiger partial charge is 0.350 e. The van der Waals surface area contributed by atoms with Crippen LogP contribution in [0.4, 0.5) is 4.39 Å². The van der Waals surface area contributed by atoms with Crippen molar-refractivity contribution in [3.05, 3.63) is 63.6 Å². The van der Waals surface area contributed by atoms with Crippen molar-refractivity contribution in [3.63, 3.8) is 0 Å². The molecule has 1 aromatic carbocycles. The average molecular weight is 388 g/mol. The summed E-state index contributed by atoms with van der Waals surface area (Å²) in [6.07, 6.45) is 1.60. The molecule has 144 valence electrons. The molecule has 0 spiro atoms. The highest BCUT2D eigenvalue weighted by molar-refractivity contribution is 7.10. The molecule has 0 radical (unpaired) electrons. The van der Waals surface area contributed by atoms with Crippen LogP contribution in [-0.2, 0) is 4.79 Å². The second-order valence-electron chi connectivity index (χ2n) is 6.93. The molecule has 2 aromatic rings. The van der Waals surface area contributed by atoms with Crippen LogP contribution in [0, 0.1) is 5.82 Å². The predicted octanol–water partition coefficient (Wildman–Crippen LogP) is 3.40. The Kier molecular flexibility index (Phi) is 6.77. The average Bonchev–Trinajstić information content (AvgIpc) is 3.19. The van der Waals surface area contributed by atoms with Gasteiger partial charge in [-0.15, -0.1) is 11.3 Å². The Morgan fingerprint density at radius 3 is 2.63 bits per heavy atom. The molecule has 1 aromatic heterocycles. The van der Waals surface area contributed by atoms with Gasteiger partial charge in [0.1, 0.15) is 5.82 Å². The third-order valence-corrected chi connectivity index (χ3v) is 5.92. The van der Waals surface area contributed by atoms with Crippen LogP contribution in [0.3, 0.4) is 0 Å². The number of benzene rings is 1. The molecule has 4 nitrogen and oxygen atoms in total. The Morgan fingerprint density at radius 2 is 1.96 bits per heavy atom. The van der Waals surface area contributed by atoms with Crippen molar-refractivity contribution in [1.82, 2.24) is 15.1 Å². The summed E-state index contributed by atoms with van der Waals surface area (Å²) in [6, 6.07) is 10.8. The van der Waals surface area contributed by atoms with Crippen molar-refractivity contribution >= 4 is 23.3 Å². The zero-order valence-electron chi connectivity index (χ0n) is 15.8.